The molecular formula is C17H17N3O2. The first-order chi connectivity index (χ1) is 10.7. The van der Waals surface area contributed by atoms with Crippen molar-refractivity contribution in [2.75, 3.05) is 7.11 Å². The normalized spacial score (nSPS) is 10.8. The summed E-state index contributed by atoms with van der Waals surface area (Å²) in [6, 6.07) is 11.3. The number of pyridine rings is 1. The van der Waals surface area contributed by atoms with Crippen LogP contribution >= 0.6 is 0 Å². The van der Waals surface area contributed by atoms with E-state index in [9.17, 15) is 4.79 Å². The maximum atomic E-state index is 11.6. The summed E-state index contributed by atoms with van der Waals surface area (Å²) in [5.74, 6) is 0.630. The van der Waals surface area contributed by atoms with E-state index in [0.717, 1.165) is 35.4 Å². The zero-order valence-corrected chi connectivity index (χ0v) is 12.6. The molecule has 1 aromatic carbocycles. The molecule has 0 saturated heterocycles. The fourth-order valence-electron chi connectivity index (χ4n) is 2.50. The van der Waals surface area contributed by atoms with E-state index in [1.165, 1.54) is 7.11 Å². The number of fused-ring (bicyclic) bond motifs is 1. The van der Waals surface area contributed by atoms with Gasteiger partial charge in [-0.2, -0.15) is 0 Å². The van der Waals surface area contributed by atoms with Crippen molar-refractivity contribution in [2.24, 2.45) is 7.05 Å². The van der Waals surface area contributed by atoms with E-state index in [1.807, 2.05) is 31.3 Å². The largest absolute Gasteiger partial charge is 0.465 e. The average molecular weight is 295 g/mol. The molecule has 0 aliphatic heterocycles. The Morgan fingerprint density at radius 3 is 2.82 bits per heavy atom. The standard InChI is InChI=1S/C17H17N3O2/c1-20-15-8-6-12(17(21)22-2)11-14(15)19-16(20)9-7-13-5-3-4-10-18-13/h3-6,8,10-11H,7,9H2,1-2H3. The molecule has 0 amide bonds. The van der Waals surface area contributed by atoms with Crippen molar-refractivity contribution in [3.63, 3.8) is 0 Å². The number of carbonyl (C=O) groups excluding carboxylic acids is 1. The quantitative estimate of drug-likeness (QED) is 0.694. The summed E-state index contributed by atoms with van der Waals surface area (Å²) in [4.78, 5) is 20.6. The van der Waals surface area contributed by atoms with Crippen LogP contribution in [0.1, 0.15) is 21.9 Å². The van der Waals surface area contributed by atoms with Crippen LogP contribution in [0.2, 0.25) is 0 Å². The maximum absolute atomic E-state index is 11.6. The number of rotatable bonds is 4. The van der Waals surface area contributed by atoms with Crippen LogP contribution in [0.25, 0.3) is 11.0 Å². The summed E-state index contributed by atoms with van der Waals surface area (Å²) in [7, 11) is 3.37. The van der Waals surface area contributed by atoms with Crippen molar-refractivity contribution in [3.8, 4) is 0 Å². The third-order valence-corrected chi connectivity index (χ3v) is 3.73. The minimum absolute atomic E-state index is 0.345. The molecule has 112 valence electrons. The highest BCUT2D eigenvalue weighted by Gasteiger charge is 2.12. The molecule has 0 atom stereocenters. The van der Waals surface area contributed by atoms with E-state index in [0.29, 0.717) is 5.56 Å². The lowest BCUT2D eigenvalue weighted by Gasteiger charge is -2.02. The Balaban J connectivity index is 1.87. The molecule has 0 bridgehead atoms. The monoisotopic (exact) mass is 295 g/mol. The van der Waals surface area contributed by atoms with Crippen molar-refractivity contribution in [3.05, 3.63) is 59.7 Å². The lowest BCUT2D eigenvalue weighted by molar-refractivity contribution is 0.0601. The van der Waals surface area contributed by atoms with E-state index in [-0.39, 0.29) is 5.97 Å². The number of methoxy groups -OCH3 is 1. The minimum atomic E-state index is -0.345. The number of ether oxygens (including phenoxy) is 1. The minimum Gasteiger partial charge on any atom is -0.465 e. The fourth-order valence-corrected chi connectivity index (χ4v) is 2.50. The van der Waals surface area contributed by atoms with Crippen LogP contribution in [0.5, 0.6) is 0 Å². The lowest BCUT2D eigenvalue weighted by atomic mass is 10.2. The van der Waals surface area contributed by atoms with Gasteiger partial charge in [0.05, 0.1) is 23.7 Å². The number of carbonyl (C=O) groups is 1. The second-order valence-electron chi connectivity index (χ2n) is 5.10. The summed E-state index contributed by atoms with van der Waals surface area (Å²) < 4.78 is 6.80. The molecular weight excluding hydrogens is 278 g/mol. The molecule has 0 spiro atoms. The smallest absolute Gasteiger partial charge is 0.337 e. The number of esters is 1. The van der Waals surface area contributed by atoms with E-state index in [1.54, 1.807) is 18.3 Å². The Morgan fingerprint density at radius 1 is 1.23 bits per heavy atom. The highest BCUT2D eigenvalue weighted by molar-refractivity contribution is 5.93. The summed E-state index contributed by atoms with van der Waals surface area (Å²) in [6.07, 6.45) is 3.44. The van der Waals surface area contributed by atoms with E-state index in [4.69, 9.17) is 4.74 Å². The van der Waals surface area contributed by atoms with E-state index < -0.39 is 0 Å². The number of aromatic nitrogens is 3. The maximum Gasteiger partial charge on any atom is 0.337 e. The Labute approximate surface area is 128 Å². The molecule has 0 aliphatic rings. The van der Waals surface area contributed by atoms with E-state index >= 15 is 0 Å². The molecule has 2 aromatic heterocycles. The Morgan fingerprint density at radius 2 is 2.09 bits per heavy atom. The first kappa shape index (κ1) is 14.3. The van der Waals surface area contributed by atoms with Crippen molar-refractivity contribution in [1.29, 1.82) is 0 Å². The highest BCUT2D eigenvalue weighted by Crippen LogP contribution is 2.18. The Kier molecular flexibility index (Phi) is 3.87. The van der Waals surface area contributed by atoms with Crippen LogP contribution in [-0.2, 0) is 24.6 Å². The van der Waals surface area contributed by atoms with Crippen molar-refractivity contribution < 1.29 is 9.53 Å². The number of hydrogen-bond acceptors (Lipinski definition) is 4. The number of benzene rings is 1. The molecule has 0 fully saturated rings. The van der Waals surface area contributed by atoms with Gasteiger partial charge in [0.1, 0.15) is 5.82 Å². The van der Waals surface area contributed by atoms with E-state index in [2.05, 4.69) is 14.5 Å². The highest BCUT2D eigenvalue weighted by atomic mass is 16.5. The predicted molar refractivity (Wildman–Crippen MR) is 83.7 cm³/mol. The van der Waals surface area contributed by atoms with Gasteiger partial charge in [0.25, 0.3) is 0 Å². The third kappa shape index (κ3) is 2.70. The van der Waals surface area contributed by atoms with Gasteiger partial charge in [0, 0.05) is 25.4 Å². The van der Waals surface area contributed by atoms with Crippen molar-refractivity contribution in [2.45, 2.75) is 12.8 Å². The second kappa shape index (κ2) is 5.97. The molecule has 0 aliphatic carbocycles. The summed E-state index contributed by atoms with van der Waals surface area (Å²) in [5.41, 5.74) is 3.37. The fraction of sp³-hybridized carbons (Fsp3) is 0.235. The average Bonchev–Trinajstić information content (AvgIpc) is 2.88. The van der Waals surface area contributed by atoms with Crippen LogP contribution in [0.4, 0.5) is 0 Å². The molecule has 0 saturated carbocycles. The number of hydrogen-bond donors (Lipinski definition) is 0. The first-order valence-electron chi connectivity index (χ1n) is 7.12. The molecule has 22 heavy (non-hydrogen) atoms. The molecule has 5 nitrogen and oxygen atoms in total. The third-order valence-electron chi connectivity index (χ3n) is 3.73. The molecule has 0 unspecified atom stereocenters. The molecule has 5 heteroatoms. The zero-order valence-electron chi connectivity index (χ0n) is 12.6. The predicted octanol–water partition coefficient (Wildman–Crippen LogP) is 2.54. The lowest BCUT2D eigenvalue weighted by Crippen LogP contribution is -2.01. The van der Waals surface area contributed by atoms with Gasteiger partial charge >= 0.3 is 5.97 Å². The van der Waals surface area contributed by atoms with Crippen molar-refractivity contribution in [1.82, 2.24) is 14.5 Å². The van der Waals surface area contributed by atoms with Gasteiger partial charge in [-0.1, -0.05) is 6.07 Å². The Bertz CT molecular complexity index is 809. The van der Waals surface area contributed by atoms with Crippen LogP contribution in [-0.4, -0.2) is 27.6 Å². The van der Waals surface area contributed by atoms with Gasteiger partial charge in [-0.3, -0.25) is 4.98 Å². The molecule has 2 heterocycles. The summed E-state index contributed by atoms with van der Waals surface area (Å²) in [6.45, 7) is 0. The Hall–Kier alpha value is -2.69. The van der Waals surface area contributed by atoms with Crippen LogP contribution in [0.3, 0.4) is 0 Å². The second-order valence-corrected chi connectivity index (χ2v) is 5.10. The SMILES string of the molecule is COC(=O)c1ccc2c(c1)nc(CCc1ccccn1)n2C. The molecule has 0 N–H and O–H groups in total. The summed E-state index contributed by atoms with van der Waals surface area (Å²) >= 11 is 0. The van der Waals surface area contributed by atoms with Crippen molar-refractivity contribution >= 4 is 17.0 Å². The van der Waals surface area contributed by atoms with Crippen LogP contribution < -0.4 is 0 Å². The van der Waals surface area contributed by atoms with Gasteiger partial charge in [-0.05, 0) is 36.8 Å². The number of nitrogens with zero attached hydrogens (tertiary/aromatic N) is 3. The first-order valence-corrected chi connectivity index (χ1v) is 7.12. The molecule has 3 aromatic rings. The van der Waals surface area contributed by atoms with Crippen LogP contribution in [0, 0.1) is 0 Å². The number of aryl methyl sites for hydroxylation is 3. The molecule has 3 rings (SSSR count). The van der Waals surface area contributed by atoms with Gasteiger partial charge in [0.2, 0.25) is 0 Å². The summed E-state index contributed by atoms with van der Waals surface area (Å²) in [5, 5.41) is 0. The topological polar surface area (TPSA) is 57.0 Å². The van der Waals surface area contributed by atoms with Gasteiger partial charge in [-0.15, -0.1) is 0 Å². The van der Waals surface area contributed by atoms with Crippen LogP contribution in [0.15, 0.2) is 42.6 Å². The van der Waals surface area contributed by atoms with Gasteiger partial charge < -0.3 is 9.30 Å². The zero-order chi connectivity index (χ0) is 15.5. The molecule has 0 radical (unpaired) electrons. The number of imidazole rings is 1. The van der Waals surface area contributed by atoms with Gasteiger partial charge in [0.15, 0.2) is 0 Å². The van der Waals surface area contributed by atoms with Gasteiger partial charge in [-0.25, -0.2) is 9.78 Å².